The van der Waals surface area contributed by atoms with E-state index in [-0.39, 0.29) is 30.2 Å². The molecule has 1 fully saturated rings. The molecule has 3 aromatic carbocycles. The van der Waals surface area contributed by atoms with Gasteiger partial charge in [-0.05, 0) is 69.2 Å². The zero-order chi connectivity index (χ0) is 29.7. The van der Waals surface area contributed by atoms with Gasteiger partial charge in [0.05, 0.1) is 0 Å². The van der Waals surface area contributed by atoms with Crippen molar-refractivity contribution in [2.75, 3.05) is 5.32 Å². The fraction of sp³-hybridized carbons (Fsp3) is 0.382. The number of aryl methyl sites for hydroxylation is 2. The number of rotatable bonds is 9. The lowest BCUT2D eigenvalue weighted by Crippen LogP contribution is -2.54. The van der Waals surface area contributed by atoms with Gasteiger partial charge in [0.15, 0.2) is 0 Å². The smallest absolute Gasteiger partial charge is 0.408 e. The molecule has 1 saturated carbocycles. The van der Waals surface area contributed by atoms with Crippen molar-refractivity contribution in [3.8, 4) is 0 Å². The number of nitrogens with one attached hydrogen (secondary N) is 2. The van der Waals surface area contributed by atoms with Crippen LogP contribution in [0.15, 0.2) is 78.9 Å². The van der Waals surface area contributed by atoms with Crippen molar-refractivity contribution in [2.24, 2.45) is 5.92 Å². The number of anilines is 1. The number of carbonyl (C=O) groups is 3. The van der Waals surface area contributed by atoms with E-state index in [2.05, 4.69) is 17.6 Å². The summed E-state index contributed by atoms with van der Waals surface area (Å²) in [7, 11) is 0. The predicted octanol–water partition coefficient (Wildman–Crippen LogP) is 6.36. The van der Waals surface area contributed by atoms with Crippen LogP contribution >= 0.6 is 0 Å². The van der Waals surface area contributed by atoms with Gasteiger partial charge >= 0.3 is 6.09 Å². The zero-order valence-electron chi connectivity index (χ0n) is 24.8. The maximum atomic E-state index is 14.6. The Morgan fingerprint density at radius 1 is 0.902 bits per heavy atom. The molecule has 3 aromatic rings. The van der Waals surface area contributed by atoms with E-state index >= 15 is 0 Å². The van der Waals surface area contributed by atoms with Crippen LogP contribution in [0.25, 0.3) is 0 Å². The molecule has 3 amide bonds. The van der Waals surface area contributed by atoms with Gasteiger partial charge in [-0.2, -0.15) is 0 Å². The Balaban J connectivity index is 1.74. The highest BCUT2D eigenvalue weighted by molar-refractivity contribution is 6.00. The molecule has 4 rings (SSSR count). The lowest BCUT2D eigenvalue weighted by Gasteiger charge is -2.35. The average molecular weight is 556 g/mol. The highest BCUT2D eigenvalue weighted by Crippen LogP contribution is 2.41. The molecule has 0 bridgehead atoms. The molecule has 7 nitrogen and oxygen atoms in total. The highest BCUT2D eigenvalue weighted by atomic mass is 16.6. The molecule has 7 heteroatoms. The first kappa shape index (κ1) is 29.8. The van der Waals surface area contributed by atoms with Gasteiger partial charge in [0.1, 0.15) is 17.7 Å². The summed E-state index contributed by atoms with van der Waals surface area (Å²) in [5, 5.41) is 5.95. The summed E-state index contributed by atoms with van der Waals surface area (Å²) in [5.74, 6) is -0.395. The molecule has 0 spiro atoms. The first-order chi connectivity index (χ1) is 19.4. The van der Waals surface area contributed by atoms with Crippen molar-refractivity contribution in [3.05, 3.63) is 101 Å². The third kappa shape index (κ3) is 7.75. The van der Waals surface area contributed by atoms with Gasteiger partial charge in [0.25, 0.3) is 5.91 Å². The van der Waals surface area contributed by atoms with Crippen LogP contribution in [-0.4, -0.2) is 40.5 Å². The van der Waals surface area contributed by atoms with E-state index in [1.807, 2.05) is 92.7 Å². The van der Waals surface area contributed by atoms with E-state index in [9.17, 15) is 14.4 Å². The fourth-order valence-electron chi connectivity index (χ4n) is 5.13. The van der Waals surface area contributed by atoms with E-state index in [1.165, 1.54) is 0 Å². The normalized spacial score (nSPS) is 17.6. The van der Waals surface area contributed by atoms with Crippen LogP contribution in [-0.2, 0) is 20.7 Å². The van der Waals surface area contributed by atoms with Crippen molar-refractivity contribution in [1.29, 1.82) is 0 Å². The first-order valence-electron chi connectivity index (χ1n) is 14.2. The zero-order valence-corrected chi connectivity index (χ0v) is 24.8. The summed E-state index contributed by atoms with van der Waals surface area (Å²) < 4.78 is 5.53. The molecule has 1 aliphatic carbocycles. The molecular weight excluding hydrogens is 514 g/mol. The molecule has 0 heterocycles. The molecule has 41 heavy (non-hydrogen) atoms. The van der Waals surface area contributed by atoms with Crippen LogP contribution in [0.3, 0.4) is 0 Å². The Labute approximate surface area is 243 Å². The number of hydrogen-bond donors (Lipinski definition) is 2. The summed E-state index contributed by atoms with van der Waals surface area (Å²) in [6, 6.07) is 22.8. The molecular formula is C34H41N3O4. The lowest BCUT2D eigenvalue weighted by atomic mass is 9.99. The van der Waals surface area contributed by atoms with Gasteiger partial charge in [0.2, 0.25) is 5.91 Å². The summed E-state index contributed by atoms with van der Waals surface area (Å²) in [5.41, 5.74) is 3.49. The Kier molecular flexibility index (Phi) is 9.16. The van der Waals surface area contributed by atoms with Crippen molar-refractivity contribution < 1.29 is 19.1 Å². The van der Waals surface area contributed by atoms with Gasteiger partial charge in [-0.3, -0.25) is 9.59 Å². The predicted molar refractivity (Wildman–Crippen MR) is 161 cm³/mol. The number of carbonyl (C=O) groups excluding carboxylic acids is 3. The highest BCUT2D eigenvalue weighted by Gasteiger charge is 2.48. The van der Waals surface area contributed by atoms with Gasteiger partial charge in [-0.15, -0.1) is 0 Å². The summed E-state index contributed by atoms with van der Waals surface area (Å²) in [6.45, 7) is 11.3. The third-order valence-electron chi connectivity index (χ3n) is 7.32. The Bertz CT molecular complexity index is 1350. The molecule has 4 atom stereocenters. The van der Waals surface area contributed by atoms with Crippen molar-refractivity contribution in [1.82, 2.24) is 10.2 Å². The summed E-state index contributed by atoms with van der Waals surface area (Å²) >= 11 is 0. The molecule has 1 aliphatic rings. The third-order valence-corrected chi connectivity index (χ3v) is 7.32. The second kappa shape index (κ2) is 12.6. The number of alkyl carbamates (subject to hydrolysis) is 1. The number of nitrogens with zero attached hydrogens (tertiary/aromatic N) is 1. The quantitative estimate of drug-likeness (QED) is 0.322. The molecule has 2 N–H and O–H groups in total. The van der Waals surface area contributed by atoms with Crippen LogP contribution in [0.1, 0.15) is 62.4 Å². The van der Waals surface area contributed by atoms with Crippen LogP contribution in [0.4, 0.5) is 10.5 Å². The second-order valence-electron chi connectivity index (χ2n) is 12.0. The molecule has 216 valence electrons. The standard InChI is InChI=1S/C34H41N3O4/c1-22-14-13-15-23(2)29(22)36-31(38)30(26-18-11-8-12-19-26)37(28-20-24(28)3)32(39)27(21-25-16-9-7-10-17-25)35-33(40)41-34(4,5)6/h7-19,24,27-28,30H,20-21H2,1-6H3,(H,35,40)(H,36,38). The largest absolute Gasteiger partial charge is 0.444 e. The number of ether oxygens (including phenoxy) is 1. The molecule has 0 aromatic heterocycles. The second-order valence-corrected chi connectivity index (χ2v) is 12.0. The summed E-state index contributed by atoms with van der Waals surface area (Å²) in [4.78, 5) is 43.4. The first-order valence-corrected chi connectivity index (χ1v) is 14.2. The molecule has 0 saturated heterocycles. The molecule has 0 aliphatic heterocycles. The van der Waals surface area contributed by atoms with Crippen LogP contribution in [0, 0.1) is 19.8 Å². The topological polar surface area (TPSA) is 87.7 Å². The van der Waals surface area contributed by atoms with E-state index in [0.29, 0.717) is 5.56 Å². The fourth-order valence-corrected chi connectivity index (χ4v) is 5.13. The maximum absolute atomic E-state index is 14.6. The van der Waals surface area contributed by atoms with Crippen molar-refractivity contribution in [3.63, 3.8) is 0 Å². The lowest BCUT2D eigenvalue weighted by molar-refractivity contribution is -0.141. The number of hydrogen-bond acceptors (Lipinski definition) is 4. The van der Waals surface area contributed by atoms with Crippen molar-refractivity contribution in [2.45, 2.75) is 78.1 Å². The summed E-state index contributed by atoms with van der Waals surface area (Å²) in [6.07, 6.45) is 0.360. The minimum atomic E-state index is -0.931. The molecule has 4 unspecified atom stereocenters. The van der Waals surface area contributed by atoms with Gasteiger partial charge in [-0.1, -0.05) is 85.8 Å². The van der Waals surface area contributed by atoms with Gasteiger partial charge in [0, 0.05) is 18.2 Å². The van der Waals surface area contributed by atoms with E-state index < -0.39 is 23.8 Å². The Morgan fingerprint density at radius 3 is 2.00 bits per heavy atom. The van der Waals surface area contributed by atoms with Crippen molar-refractivity contribution >= 4 is 23.6 Å². The number of para-hydroxylation sites is 1. The Hall–Kier alpha value is -4.13. The minimum Gasteiger partial charge on any atom is -0.444 e. The van der Waals surface area contributed by atoms with Crippen LogP contribution in [0.5, 0.6) is 0 Å². The van der Waals surface area contributed by atoms with E-state index in [1.54, 1.807) is 25.7 Å². The van der Waals surface area contributed by atoms with Crippen LogP contribution in [0.2, 0.25) is 0 Å². The average Bonchev–Trinajstić information content (AvgIpc) is 3.64. The van der Waals surface area contributed by atoms with Gasteiger partial charge in [-0.25, -0.2) is 4.79 Å². The SMILES string of the molecule is Cc1cccc(C)c1NC(=O)C(c1ccccc1)N(C(=O)C(Cc1ccccc1)NC(=O)OC(C)(C)C)C1CC1C. The Morgan fingerprint density at radius 2 is 1.46 bits per heavy atom. The van der Waals surface area contributed by atoms with E-state index in [4.69, 9.17) is 4.74 Å². The molecule has 0 radical (unpaired) electrons. The van der Waals surface area contributed by atoms with E-state index in [0.717, 1.165) is 28.8 Å². The number of amides is 3. The maximum Gasteiger partial charge on any atom is 0.408 e. The monoisotopic (exact) mass is 555 g/mol. The van der Waals surface area contributed by atoms with Gasteiger partial charge < -0.3 is 20.3 Å². The van der Waals surface area contributed by atoms with Crippen LogP contribution < -0.4 is 10.6 Å². The minimum absolute atomic E-state index is 0.143. The number of benzene rings is 3.